The van der Waals surface area contributed by atoms with Crippen LogP contribution in [0.3, 0.4) is 0 Å². The average molecular weight is 274 g/mol. The molecule has 2 aliphatic heterocycles. The number of rotatable bonds is 2. The van der Waals surface area contributed by atoms with Crippen molar-refractivity contribution in [2.24, 2.45) is 0 Å². The van der Waals surface area contributed by atoms with Crippen LogP contribution in [0.5, 0.6) is 0 Å². The van der Waals surface area contributed by atoms with Crippen molar-refractivity contribution in [3.05, 3.63) is 0 Å². The third-order valence-corrected chi connectivity index (χ3v) is 6.18. The van der Waals surface area contributed by atoms with Crippen LogP contribution in [0, 0.1) is 0 Å². The van der Waals surface area contributed by atoms with E-state index in [-0.39, 0.29) is 17.7 Å². The molecule has 0 aromatic carbocycles. The summed E-state index contributed by atoms with van der Waals surface area (Å²) in [6.45, 7) is 1.76. The number of nitrogens with one attached hydrogen (secondary N) is 1. The zero-order valence-electron chi connectivity index (χ0n) is 10.9. The second-order valence-corrected chi connectivity index (χ2v) is 7.60. The number of carbonyl (C=O) groups is 1. The van der Waals surface area contributed by atoms with Crippen LogP contribution in [0.4, 0.5) is 0 Å². The second-order valence-electron chi connectivity index (χ2n) is 5.30. The maximum Gasteiger partial charge on any atom is 0.240 e. The highest BCUT2D eigenvalue weighted by Crippen LogP contribution is 2.22. The highest BCUT2D eigenvalue weighted by atomic mass is 32.2. The molecular weight excluding hydrogens is 252 g/mol. The van der Waals surface area contributed by atoms with Crippen molar-refractivity contribution >= 4 is 15.7 Å². The Labute approximate surface area is 109 Å². The summed E-state index contributed by atoms with van der Waals surface area (Å²) in [5.41, 5.74) is 0. The molecule has 2 unspecified atom stereocenters. The van der Waals surface area contributed by atoms with Crippen molar-refractivity contribution in [1.82, 2.24) is 10.2 Å². The van der Waals surface area contributed by atoms with Crippen molar-refractivity contribution < 1.29 is 13.2 Å². The zero-order chi connectivity index (χ0) is 13.2. The van der Waals surface area contributed by atoms with Crippen molar-refractivity contribution in [2.75, 3.05) is 25.9 Å². The van der Waals surface area contributed by atoms with E-state index in [1.165, 1.54) is 0 Å². The molecule has 2 rings (SSSR count). The lowest BCUT2D eigenvalue weighted by atomic mass is 10.1. The van der Waals surface area contributed by atoms with Crippen molar-refractivity contribution in [3.8, 4) is 0 Å². The smallest absolute Gasteiger partial charge is 0.240 e. The maximum atomic E-state index is 12.3. The molecule has 0 saturated carbocycles. The highest BCUT2D eigenvalue weighted by Gasteiger charge is 2.38. The Morgan fingerprint density at radius 1 is 1.22 bits per heavy atom. The molecule has 0 bridgehead atoms. The predicted molar refractivity (Wildman–Crippen MR) is 70.1 cm³/mol. The summed E-state index contributed by atoms with van der Waals surface area (Å²) in [6, 6.07) is 0.142. The van der Waals surface area contributed by atoms with Crippen LogP contribution in [-0.4, -0.2) is 56.4 Å². The van der Waals surface area contributed by atoms with Gasteiger partial charge in [0.1, 0.15) is 5.25 Å². The lowest BCUT2D eigenvalue weighted by Crippen LogP contribution is -2.52. The number of carbonyl (C=O) groups excluding carboxylic acids is 1. The van der Waals surface area contributed by atoms with Gasteiger partial charge >= 0.3 is 0 Å². The lowest BCUT2D eigenvalue weighted by molar-refractivity contribution is -0.132. The Morgan fingerprint density at radius 2 is 2.00 bits per heavy atom. The molecule has 2 saturated heterocycles. The van der Waals surface area contributed by atoms with Gasteiger partial charge in [0.15, 0.2) is 9.84 Å². The number of piperidine rings is 1. The van der Waals surface area contributed by atoms with Gasteiger partial charge in [0.05, 0.1) is 5.75 Å². The summed E-state index contributed by atoms with van der Waals surface area (Å²) in [6.07, 6.45) is 4.03. The van der Waals surface area contributed by atoms with E-state index in [1.54, 1.807) is 11.9 Å². The fraction of sp³-hybridized carbons (Fsp3) is 0.917. The molecule has 18 heavy (non-hydrogen) atoms. The molecule has 0 aromatic heterocycles. The van der Waals surface area contributed by atoms with Crippen LogP contribution >= 0.6 is 0 Å². The first-order valence-corrected chi connectivity index (χ1v) is 8.43. The van der Waals surface area contributed by atoms with E-state index in [1.807, 2.05) is 0 Å². The minimum absolute atomic E-state index is 0.142. The molecular formula is C12H22N2O3S. The molecule has 2 heterocycles. The molecule has 0 aromatic rings. The Hall–Kier alpha value is -0.620. The average Bonchev–Trinajstić information content (AvgIpc) is 2.37. The van der Waals surface area contributed by atoms with E-state index in [4.69, 9.17) is 0 Å². The van der Waals surface area contributed by atoms with Gasteiger partial charge in [-0.05, 0) is 32.2 Å². The first-order chi connectivity index (χ1) is 8.52. The Balaban J connectivity index is 2.05. The number of hydrogen-bond acceptors (Lipinski definition) is 4. The zero-order valence-corrected chi connectivity index (χ0v) is 11.7. The van der Waals surface area contributed by atoms with Crippen LogP contribution in [0.15, 0.2) is 0 Å². The van der Waals surface area contributed by atoms with Crippen LogP contribution in [0.25, 0.3) is 0 Å². The van der Waals surface area contributed by atoms with Crippen molar-refractivity contribution in [2.45, 2.75) is 43.4 Å². The van der Waals surface area contributed by atoms with Gasteiger partial charge in [-0.3, -0.25) is 4.79 Å². The first kappa shape index (κ1) is 13.8. The van der Waals surface area contributed by atoms with E-state index >= 15 is 0 Å². The number of amides is 1. The fourth-order valence-corrected chi connectivity index (χ4v) is 4.69. The summed E-state index contributed by atoms with van der Waals surface area (Å²) < 4.78 is 23.9. The molecule has 5 nitrogen and oxygen atoms in total. The van der Waals surface area contributed by atoms with E-state index < -0.39 is 15.1 Å². The molecule has 6 heteroatoms. The largest absolute Gasteiger partial charge is 0.340 e. The normalized spacial score (nSPS) is 31.8. The Morgan fingerprint density at radius 3 is 2.61 bits per heavy atom. The van der Waals surface area contributed by atoms with Crippen molar-refractivity contribution in [3.63, 3.8) is 0 Å². The number of hydrogen-bond donors (Lipinski definition) is 1. The first-order valence-electron chi connectivity index (χ1n) is 6.71. The van der Waals surface area contributed by atoms with Gasteiger partial charge in [0, 0.05) is 19.6 Å². The number of sulfone groups is 1. The second kappa shape index (κ2) is 5.57. The molecule has 0 aliphatic carbocycles. The standard InChI is InChI=1S/C12H22N2O3S/c1-14(10-5-4-7-13-9-10)12(15)11-6-2-3-8-18(11,16)17/h10-11,13H,2-9H2,1H3. The minimum Gasteiger partial charge on any atom is -0.340 e. The molecule has 1 N–H and O–H groups in total. The van der Waals surface area contributed by atoms with Gasteiger partial charge in [-0.1, -0.05) is 6.42 Å². The predicted octanol–water partition coefficient (Wildman–Crippen LogP) is 0.164. The topological polar surface area (TPSA) is 66.5 Å². The summed E-state index contributed by atoms with van der Waals surface area (Å²) in [7, 11) is -1.48. The molecule has 2 aliphatic rings. The van der Waals surface area contributed by atoms with Gasteiger partial charge in [-0.2, -0.15) is 0 Å². The third kappa shape index (κ3) is 2.85. The quantitative estimate of drug-likeness (QED) is 0.779. The van der Waals surface area contributed by atoms with Gasteiger partial charge in [-0.15, -0.1) is 0 Å². The van der Waals surface area contributed by atoms with E-state index in [0.29, 0.717) is 12.8 Å². The molecule has 2 fully saturated rings. The van der Waals surface area contributed by atoms with Gasteiger partial charge in [0.2, 0.25) is 5.91 Å². The lowest BCUT2D eigenvalue weighted by Gasteiger charge is -2.34. The monoisotopic (exact) mass is 274 g/mol. The summed E-state index contributed by atoms with van der Waals surface area (Å²) in [5, 5.41) is 2.46. The molecule has 0 radical (unpaired) electrons. The SMILES string of the molecule is CN(C(=O)C1CCCCS1(=O)=O)C1CCCNC1. The van der Waals surface area contributed by atoms with Crippen molar-refractivity contribution in [1.29, 1.82) is 0 Å². The van der Waals surface area contributed by atoms with E-state index in [2.05, 4.69) is 5.32 Å². The van der Waals surface area contributed by atoms with Crippen LogP contribution in [0.1, 0.15) is 32.1 Å². The summed E-state index contributed by atoms with van der Waals surface area (Å²) in [4.78, 5) is 14.0. The Kier molecular flexibility index (Phi) is 4.27. The van der Waals surface area contributed by atoms with Gasteiger partial charge in [0.25, 0.3) is 0 Å². The number of nitrogens with zero attached hydrogens (tertiary/aromatic N) is 1. The highest BCUT2D eigenvalue weighted by molar-refractivity contribution is 7.92. The molecule has 1 amide bonds. The number of likely N-dealkylation sites (N-methyl/N-ethyl adjacent to an activating group) is 1. The molecule has 2 atom stereocenters. The van der Waals surface area contributed by atoms with Gasteiger partial charge < -0.3 is 10.2 Å². The minimum atomic E-state index is -3.22. The molecule has 104 valence electrons. The van der Waals surface area contributed by atoms with Crippen LogP contribution in [-0.2, 0) is 14.6 Å². The third-order valence-electron chi connectivity index (χ3n) is 4.02. The van der Waals surface area contributed by atoms with Gasteiger partial charge in [-0.25, -0.2) is 8.42 Å². The maximum absolute atomic E-state index is 12.3. The van der Waals surface area contributed by atoms with Crippen LogP contribution in [0.2, 0.25) is 0 Å². The Bertz CT molecular complexity index is 402. The fourth-order valence-electron chi connectivity index (χ4n) is 2.80. The van der Waals surface area contributed by atoms with E-state index in [9.17, 15) is 13.2 Å². The van der Waals surface area contributed by atoms with E-state index in [0.717, 1.165) is 32.4 Å². The van der Waals surface area contributed by atoms with Crippen LogP contribution < -0.4 is 5.32 Å². The summed E-state index contributed by atoms with van der Waals surface area (Å²) >= 11 is 0. The summed E-state index contributed by atoms with van der Waals surface area (Å²) in [5.74, 6) is -0.0384. The molecule has 0 spiro atoms.